The van der Waals surface area contributed by atoms with Crippen molar-refractivity contribution in [3.63, 3.8) is 0 Å². The summed E-state index contributed by atoms with van der Waals surface area (Å²) in [5.41, 5.74) is 0.409. The highest BCUT2D eigenvalue weighted by Gasteiger charge is 2.17. The second-order valence-electron chi connectivity index (χ2n) is 4.07. The van der Waals surface area contributed by atoms with Gasteiger partial charge in [0.2, 0.25) is 5.91 Å². The normalized spacial score (nSPS) is 19.6. The largest absolute Gasteiger partial charge is 0.375 e. The van der Waals surface area contributed by atoms with Gasteiger partial charge in [-0.2, -0.15) is 0 Å². The smallest absolute Gasteiger partial charge is 0.227 e. The maximum Gasteiger partial charge on any atom is 0.227 e. The van der Waals surface area contributed by atoms with E-state index in [0.29, 0.717) is 18.8 Å². The summed E-state index contributed by atoms with van der Waals surface area (Å²) < 4.78 is 18.3. The van der Waals surface area contributed by atoms with Gasteiger partial charge < -0.3 is 15.4 Å². The quantitative estimate of drug-likeness (QED) is 0.882. The zero-order valence-corrected chi connectivity index (χ0v) is 10.5. The van der Waals surface area contributed by atoms with Crippen LogP contribution < -0.4 is 10.6 Å². The third-order valence-corrected chi connectivity index (χ3v) is 2.94. The molecule has 1 aliphatic rings. The van der Waals surface area contributed by atoms with Crippen LogP contribution in [0, 0.1) is 5.82 Å². The van der Waals surface area contributed by atoms with Crippen LogP contribution in [0.5, 0.6) is 0 Å². The Kier molecular flexibility index (Phi) is 4.52. The monoisotopic (exact) mass is 272 g/mol. The average Bonchev–Trinajstić information content (AvgIpc) is 2.34. The first-order chi connectivity index (χ1) is 8.65. The molecule has 1 saturated heterocycles. The van der Waals surface area contributed by atoms with E-state index in [9.17, 15) is 9.18 Å². The Morgan fingerprint density at radius 1 is 1.61 bits per heavy atom. The molecule has 2 N–H and O–H groups in total. The summed E-state index contributed by atoms with van der Waals surface area (Å²) in [5, 5.41) is 5.97. The summed E-state index contributed by atoms with van der Waals surface area (Å²) >= 11 is 5.82. The van der Waals surface area contributed by atoms with Crippen molar-refractivity contribution >= 4 is 23.2 Å². The zero-order chi connectivity index (χ0) is 13.0. The van der Waals surface area contributed by atoms with Gasteiger partial charge in [-0.1, -0.05) is 11.6 Å². The van der Waals surface area contributed by atoms with E-state index in [1.807, 2.05) is 0 Å². The Balaban J connectivity index is 1.90. The van der Waals surface area contributed by atoms with Crippen LogP contribution in [0.3, 0.4) is 0 Å². The van der Waals surface area contributed by atoms with Crippen molar-refractivity contribution in [1.82, 2.24) is 5.32 Å². The molecule has 0 saturated carbocycles. The molecule has 0 aliphatic carbocycles. The van der Waals surface area contributed by atoms with Gasteiger partial charge in [0.25, 0.3) is 0 Å². The molecule has 1 aromatic rings. The Morgan fingerprint density at radius 3 is 3.11 bits per heavy atom. The van der Waals surface area contributed by atoms with E-state index in [-0.39, 0.29) is 23.5 Å². The van der Waals surface area contributed by atoms with Gasteiger partial charge in [0.05, 0.1) is 29.8 Å². The van der Waals surface area contributed by atoms with Crippen LogP contribution in [0.2, 0.25) is 5.02 Å². The number of hydrogen-bond donors (Lipinski definition) is 2. The maximum absolute atomic E-state index is 12.8. The zero-order valence-electron chi connectivity index (χ0n) is 9.71. The molecule has 1 unspecified atom stereocenters. The first-order valence-corrected chi connectivity index (χ1v) is 6.10. The summed E-state index contributed by atoms with van der Waals surface area (Å²) in [6, 6.07) is 3.85. The molecule has 0 spiro atoms. The molecule has 6 heteroatoms. The molecule has 1 aliphatic heterocycles. The molecule has 2 rings (SSSR count). The van der Waals surface area contributed by atoms with E-state index in [1.54, 1.807) is 0 Å². The fourth-order valence-electron chi connectivity index (χ4n) is 1.75. The van der Waals surface area contributed by atoms with E-state index in [0.717, 1.165) is 12.6 Å². The highest BCUT2D eigenvalue weighted by Crippen LogP contribution is 2.22. The Bertz CT molecular complexity index is 436. The summed E-state index contributed by atoms with van der Waals surface area (Å²) in [7, 11) is 0. The topological polar surface area (TPSA) is 50.4 Å². The van der Waals surface area contributed by atoms with Gasteiger partial charge in [-0.05, 0) is 18.2 Å². The number of halogens is 2. The standard InChI is InChI=1S/C12H14ClFN2O2/c13-10-5-8(14)1-2-11(10)16-12(17)6-9-7-15-3-4-18-9/h1-2,5,9,15H,3-4,6-7H2,(H,16,17). The first-order valence-electron chi connectivity index (χ1n) is 5.72. The van der Waals surface area contributed by atoms with Crippen LogP contribution in [-0.2, 0) is 9.53 Å². The number of anilines is 1. The third-order valence-electron chi connectivity index (χ3n) is 2.62. The number of amides is 1. The molecule has 1 amide bonds. The van der Waals surface area contributed by atoms with E-state index >= 15 is 0 Å². The summed E-state index contributed by atoms with van der Waals surface area (Å²) in [4.78, 5) is 11.7. The SMILES string of the molecule is O=C(CC1CNCCO1)Nc1ccc(F)cc1Cl. The van der Waals surface area contributed by atoms with Crippen LogP contribution in [0.25, 0.3) is 0 Å². The van der Waals surface area contributed by atoms with Gasteiger partial charge in [0, 0.05) is 13.1 Å². The number of morpholine rings is 1. The molecule has 1 aromatic carbocycles. The van der Waals surface area contributed by atoms with Gasteiger partial charge in [-0.15, -0.1) is 0 Å². The summed E-state index contributed by atoms with van der Waals surface area (Å²) in [5.74, 6) is -0.630. The number of carbonyl (C=O) groups is 1. The van der Waals surface area contributed by atoms with Crippen LogP contribution in [-0.4, -0.2) is 31.7 Å². The molecular weight excluding hydrogens is 259 g/mol. The van der Waals surface area contributed by atoms with Crippen LogP contribution in [0.1, 0.15) is 6.42 Å². The first kappa shape index (κ1) is 13.3. The Hall–Kier alpha value is -1.17. The second kappa shape index (κ2) is 6.13. The maximum atomic E-state index is 12.8. The number of carbonyl (C=O) groups excluding carboxylic acids is 1. The molecule has 0 radical (unpaired) electrons. The molecule has 1 fully saturated rings. The molecule has 4 nitrogen and oxygen atoms in total. The van der Waals surface area contributed by atoms with Crippen molar-refractivity contribution in [2.24, 2.45) is 0 Å². The Labute approximate surface area is 109 Å². The number of nitrogens with one attached hydrogen (secondary N) is 2. The van der Waals surface area contributed by atoms with E-state index in [1.165, 1.54) is 12.1 Å². The lowest BCUT2D eigenvalue weighted by Crippen LogP contribution is -2.40. The average molecular weight is 273 g/mol. The van der Waals surface area contributed by atoms with Crippen LogP contribution >= 0.6 is 11.6 Å². The van der Waals surface area contributed by atoms with Crippen molar-refractivity contribution in [1.29, 1.82) is 0 Å². The van der Waals surface area contributed by atoms with Gasteiger partial charge in [0.15, 0.2) is 0 Å². The minimum Gasteiger partial charge on any atom is -0.375 e. The van der Waals surface area contributed by atoms with Crippen LogP contribution in [0.4, 0.5) is 10.1 Å². The summed E-state index contributed by atoms with van der Waals surface area (Å²) in [6.07, 6.45) is 0.124. The fraction of sp³-hybridized carbons (Fsp3) is 0.417. The van der Waals surface area contributed by atoms with E-state index in [2.05, 4.69) is 10.6 Å². The highest BCUT2D eigenvalue weighted by molar-refractivity contribution is 6.33. The van der Waals surface area contributed by atoms with Crippen molar-refractivity contribution in [3.05, 3.63) is 29.0 Å². The molecule has 1 atom stereocenters. The summed E-state index contributed by atoms with van der Waals surface area (Å²) in [6.45, 7) is 2.07. The van der Waals surface area contributed by atoms with Crippen molar-refractivity contribution in [2.75, 3.05) is 25.0 Å². The molecule has 1 heterocycles. The third kappa shape index (κ3) is 3.66. The molecule has 98 valence electrons. The van der Waals surface area contributed by atoms with E-state index < -0.39 is 5.82 Å². The van der Waals surface area contributed by atoms with Gasteiger partial charge >= 0.3 is 0 Å². The second-order valence-corrected chi connectivity index (χ2v) is 4.48. The van der Waals surface area contributed by atoms with Gasteiger partial charge in [-0.25, -0.2) is 4.39 Å². The number of ether oxygens (including phenoxy) is 1. The minimum atomic E-state index is -0.433. The lowest BCUT2D eigenvalue weighted by Gasteiger charge is -2.23. The van der Waals surface area contributed by atoms with Crippen molar-refractivity contribution in [2.45, 2.75) is 12.5 Å². The Morgan fingerprint density at radius 2 is 2.44 bits per heavy atom. The lowest BCUT2D eigenvalue weighted by atomic mass is 10.2. The van der Waals surface area contributed by atoms with E-state index in [4.69, 9.17) is 16.3 Å². The van der Waals surface area contributed by atoms with Crippen molar-refractivity contribution in [3.8, 4) is 0 Å². The highest BCUT2D eigenvalue weighted by atomic mass is 35.5. The van der Waals surface area contributed by atoms with Gasteiger partial charge in [0.1, 0.15) is 5.82 Å². The molecule has 0 aromatic heterocycles. The molecule has 0 bridgehead atoms. The predicted molar refractivity (Wildman–Crippen MR) is 67.3 cm³/mol. The minimum absolute atomic E-state index is 0.127. The molecule has 18 heavy (non-hydrogen) atoms. The van der Waals surface area contributed by atoms with Crippen molar-refractivity contribution < 1.29 is 13.9 Å². The molecular formula is C12H14ClFN2O2. The number of benzene rings is 1. The fourth-order valence-corrected chi connectivity index (χ4v) is 1.96. The lowest BCUT2D eigenvalue weighted by molar-refractivity contribution is -0.119. The van der Waals surface area contributed by atoms with Crippen LogP contribution in [0.15, 0.2) is 18.2 Å². The number of hydrogen-bond acceptors (Lipinski definition) is 3. The predicted octanol–water partition coefficient (Wildman–Crippen LogP) is 1.80. The number of rotatable bonds is 3. The van der Waals surface area contributed by atoms with Gasteiger partial charge in [-0.3, -0.25) is 4.79 Å².